The van der Waals surface area contributed by atoms with Gasteiger partial charge in [-0.2, -0.15) is 0 Å². The minimum atomic E-state index is -0.373. The van der Waals surface area contributed by atoms with Gasteiger partial charge in [0.05, 0.1) is 48.3 Å². The Kier molecular flexibility index (Phi) is 84.1. The number of methoxy groups -OCH3 is 4. The number of rotatable bonds is 27. The van der Waals surface area contributed by atoms with E-state index in [-0.39, 0.29) is 55.4 Å². The van der Waals surface area contributed by atoms with E-state index >= 15 is 0 Å². The molecule has 0 spiro atoms. The first-order chi connectivity index (χ1) is 40.4. The van der Waals surface area contributed by atoms with Crippen LogP contribution < -0.4 is 0 Å². The molecule has 0 aromatic carbocycles. The molecular formula is C68H112BBr5O12. The molecule has 2 N–H and O–H groups in total. The second-order valence-corrected chi connectivity index (χ2v) is 21.5. The van der Waals surface area contributed by atoms with Crippen LogP contribution in [-0.4, -0.2) is 119 Å². The highest BCUT2D eigenvalue weighted by Crippen LogP contribution is 2.37. The third-order valence-corrected chi connectivity index (χ3v) is 15.0. The molecule has 86 heavy (non-hydrogen) atoms. The van der Waals surface area contributed by atoms with Crippen molar-refractivity contribution in [3.05, 3.63) is 175 Å². The molecule has 0 aromatic rings. The summed E-state index contributed by atoms with van der Waals surface area (Å²) in [6, 6.07) is 0. The van der Waals surface area contributed by atoms with Gasteiger partial charge in [-0.15, -0.1) is 32.9 Å². The lowest BCUT2D eigenvalue weighted by Gasteiger charge is -2.32. The number of aldehydes is 4. The summed E-state index contributed by atoms with van der Waals surface area (Å²) >= 11 is 15.9. The molecule has 0 amide bonds. The van der Waals surface area contributed by atoms with Gasteiger partial charge in [0.25, 0.3) is 0 Å². The van der Waals surface area contributed by atoms with Gasteiger partial charge in [-0.25, -0.2) is 0 Å². The molecule has 0 bridgehead atoms. The van der Waals surface area contributed by atoms with Crippen LogP contribution in [0.2, 0.25) is 6.32 Å². The standard InChI is InChI=1S/C12H20O2.2C10H15BrO2.C9H17BO2.C8H13BrO.C7H11BrO.C4H5BrO.C4H6O.C2H6.C2H4/c1-5-6-11(3)12(14-4)8-7-10(2)9-13;2*1-8(7-12)4-5-10(13-3)9(2)6-11;1-6-7-10-11-8(2,3)9(4,5)12-10;1-4-5-8(10-3)7(2)6-9;1-3-4-7(9)6(2)5-8;1-4(2-5)3-6;1-4(2)3-5;2*1-2/h5-7,12-13H,1,8-9H2,2-4H3;2*4,6-7,10H,5H2,1-3H3;6H,1,7H2,2-5H3;4,6,8H,1,5H2,2-3H3;3,5,7,9H,1,4H2,2H3;2-3H,1H3;3H,1H2,2H3;1-2H3;1-2H2/b10-7+,11-6+;2*8-4+,9-6+;;7-6+;6-5+;4-2+;;;/t12-;2*10-;;8-;7-;;;;/m111.11..../s1. The first kappa shape index (κ1) is 102. The Bertz CT molecular complexity index is 2040. The number of hydrogen-bond donors (Lipinski definition) is 2. The van der Waals surface area contributed by atoms with E-state index in [1.54, 1.807) is 78.3 Å². The van der Waals surface area contributed by atoms with Gasteiger partial charge in [0.15, 0.2) is 0 Å². The van der Waals surface area contributed by atoms with Crippen LogP contribution in [-0.2, 0) is 47.4 Å². The van der Waals surface area contributed by atoms with Gasteiger partial charge >= 0.3 is 7.12 Å². The maximum atomic E-state index is 10.3. The van der Waals surface area contributed by atoms with E-state index in [1.165, 1.54) is 5.57 Å². The zero-order valence-corrected chi connectivity index (χ0v) is 64.0. The highest BCUT2D eigenvalue weighted by Gasteiger charge is 2.50. The Balaban J connectivity index is -0.000000113. The Hall–Kier alpha value is -3.08. The second kappa shape index (κ2) is 71.0. The lowest BCUT2D eigenvalue weighted by atomic mass is 9.85. The quantitative estimate of drug-likeness (QED) is 0.0263. The highest BCUT2D eigenvalue weighted by atomic mass is 79.9. The van der Waals surface area contributed by atoms with Crippen molar-refractivity contribution >= 4 is 112 Å². The molecule has 1 fully saturated rings. The number of aliphatic hydroxyl groups excluding tert-OH is 2. The number of allylic oxidation sites excluding steroid dienone is 7. The van der Waals surface area contributed by atoms with Gasteiger partial charge < -0.3 is 38.5 Å². The molecule has 1 rings (SSSR count). The predicted octanol–water partition coefficient (Wildman–Crippen LogP) is 19.6. The fraction of sp³-hybridized carbons (Fsp3) is 0.500. The zero-order chi connectivity index (χ0) is 69.5. The molecule has 1 heterocycles. The largest absolute Gasteiger partial charge is 0.461 e. The van der Waals surface area contributed by atoms with Crippen molar-refractivity contribution in [2.45, 2.75) is 191 Å². The molecule has 0 unspecified atom stereocenters. The molecule has 0 aliphatic carbocycles. The van der Waals surface area contributed by atoms with Crippen molar-refractivity contribution < 1.29 is 57.6 Å². The number of aliphatic hydroxyl groups is 2. The summed E-state index contributed by atoms with van der Waals surface area (Å²) in [6.07, 6.45) is 22.5. The van der Waals surface area contributed by atoms with Crippen molar-refractivity contribution in [3.63, 3.8) is 0 Å². The number of carbonyl (C=O) groups excluding carboxylic acids is 4. The number of hydrogen-bond acceptors (Lipinski definition) is 12. The lowest BCUT2D eigenvalue weighted by Crippen LogP contribution is -2.41. The Morgan fingerprint density at radius 3 is 1.05 bits per heavy atom. The van der Waals surface area contributed by atoms with E-state index in [9.17, 15) is 19.2 Å². The SMILES string of the molecule is C/C(C=O)=C\Br.C=C.C=C(C)C=O.C=C/C=C(\C)[C@@H](C/C=C(\C)CO)OC.C=CCB1OC(C)(C)C(C)(C)O1.C=CC[C@@H](O)/C(C)=C/Br.C=CC[C@@H](OC)/C(C)=C/Br.CC.CO[C@H](C/C=C(\C)C=O)/C(C)=C/Br.CO[C@H](C/C=C(\C)C=O)/C(C)=C/Br. The first-order valence-electron chi connectivity index (χ1n) is 27.6. The predicted molar refractivity (Wildman–Crippen MR) is 391 cm³/mol. The minimum absolute atomic E-state index is 0.0503. The van der Waals surface area contributed by atoms with Crippen molar-refractivity contribution in [2.75, 3.05) is 35.0 Å². The lowest BCUT2D eigenvalue weighted by molar-refractivity contribution is -0.105. The average molecular weight is 1530 g/mol. The third kappa shape index (κ3) is 62.5. The van der Waals surface area contributed by atoms with E-state index in [0.29, 0.717) is 17.6 Å². The summed E-state index contributed by atoms with van der Waals surface area (Å²) in [7, 11) is 6.60. The molecule has 5 atom stereocenters. The van der Waals surface area contributed by atoms with Crippen LogP contribution in [0.3, 0.4) is 0 Å². The molecular weight excluding hydrogens is 1420 g/mol. The normalized spacial score (nSPS) is 15.5. The fourth-order valence-corrected chi connectivity index (χ4v) is 6.52. The molecule has 12 nitrogen and oxygen atoms in total. The molecule has 1 aliphatic heterocycles. The summed E-state index contributed by atoms with van der Waals surface area (Å²) in [6.45, 7) is 54.8. The third-order valence-electron chi connectivity index (χ3n) is 11.4. The van der Waals surface area contributed by atoms with Gasteiger partial charge in [0, 0.05) is 34.8 Å². The van der Waals surface area contributed by atoms with Crippen LogP contribution in [0.4, 0.5) is 0 Å². The molecule has 494 valence electrons. The molecule has 0 aromatic heterocycles. The van der Waals surface area contributed by atoms with E-state index < -0.39 is 0 Å². The van der Waals surface area contributed by atoms with E-state index in [4.69, 9.17) is 38.5 Å². The van der Waals surface area contributed by atoms with E-state index in [2.05, 4.69) is 153 Å². The van der Waals surface area contributed by atoms with Crippen LogP contribution in [0.15, 0.2) is 175 Å². The van der Waals surface area contributed by atoms with Crippen molar-refractivity contribution in [3.8, 4) is 0 Å². The van der Waals surface area contributed by atoms with Crippen molar-refractivity contribution in [1.82, 2.24) is 0 Å². The summed E-state index contributed by atoms with van der Waals surface area (Å²) in [5, 5.41) is 18.0. The van der Waals surface area contributed by atoms with Gasteiger partial charge in [-0.05, 0) is 204 Å². The smallest absolute Gasteiger partial charge is 0.403 e. The molecule has 18 heteroatoms. The fourth-order valence-electron chi connectivity index (χ4n) is 5.22. The van der Waals surface area contributed by atoms with Crippen LogP contribution in [0, 0.1) is 0 Å². The van der Waals surface area contributed by atoms with Crippen LogP contribution >= 0.6 is 79.6 Å². The maximum absolute atomic E-state index is 10.3. The molecule has 1 aliphatic rings. The topological polar surface area (TPSA) is 164 Å². The summed E-state index contributed by atoms with van der Waals surface area (Å²) in [5.74, 6) is 0. The highest BCUT2D eigenvalue weighted by molar-refractivity contribution is 9.11. The van der Waals surface area contributed by atoms with Crippen LogP contribution in [0.25, 0.3) is 0 Å². The number of carbonyl (C=O) groups is 4. The minimum Gasteiger partial charge on any atom is -0.403 e. The monoisotopic (exact) mass is 1530 g/mol. The van der Waals surface area contributed by atoms with Crippen LogP contribution in [0.5, 0.6) is 0 Å². The average Bonchev–Trinajstić information content (AvgIpc) is 2.93. The zero-order valence-electron chi connectivity index (χ0n) is 56.0. The summed E-state index contributed by atoms with van der Waals surface area (Å²) in [5.41, 5.74) is 8.78. The Labute approximate surface area is 566 Å². The van der Waals surface area contributed by atoms with Crippen molar-refractivity contribution in [1.29, 1.82) is 0 Å². The van der Waals surface area contributed by atoms with Gasteiger partial charge in [0.1, 0.15) is 25.1 Å². The van der Waals surface area contributed by atoms with Gasteiger partial charge in [-0.1, -0.05) is 161 Å². The van der Waals surface area contributed by atoms with Crippen molar-refractivity contribution in [2.24, 2.45) is 0 Å². The number of halogens is 5. The number of ether oxygens (including phenoxy) is 4. The summed E-state index contributed by atoms with van der Waals surface area (Å²) < 4.78 is 32.4. The first-order valence-corrected chi connectivity index (χ1v) is 32.2. The molecule has 0 saturated carbocycles. The van der Waals surface area contributed by atoms with Gasteiger partial charge in [-0.3, -0.25) is 19.2 Å². The maximum Gasteiger partial charge on any atom is 0.461 e. The Morgan fingerprint density at radius 2 is 0.814 bits per heavy atom. The van der Waals surface area contributed by atoms with E-state index in [1.807, 2.05) is 107 Å². The molecule has 0 radical (unpaired) electrons. The van der Waals surface area contributed by atoms with E-state index in [0.717, 1.165) is 96.2 Å². The second-order valence-electron chi connectivity index (χ2n) is 19.2. The van der Waals surface area contributed by atoms with Gasteiger partial charge in [0.2, 0.25) is 0 Å². The van der Waals surface area contributed by atoms with Crippen LogP contribution in [0.1, 0.15) is 143 Å². The summed E-state index contributed by atoms with van der Waals surface area (Å²) in [4.78, 5) is 48.5. The Morgan fingerprint density at radius 1 is 0.500 bits per heavy atom. The molecule has 1 saturated heterocycles.